The standard InChI is InChI=1S/C11H11NO2/c1-11(14)9(7-10(13)12-11)8-5-3-2-4-6-8/h2-7,14H,1H3,(H,12,13). The van der Waals surface area contributed by atoms with E-state index >= 15 is 0 Å². The molecule has 1 heterocycles. The minimum Gasteiger partial charge on any atom is -0.367 e. The molecule has 14 heavy (non-hydrogen) atoms. The molecule has 1 unspecified atom stereocenters. The Balaban J connectivity index is 2.45. The van der Waals surface area contributed by atoms with Gasteiger partial charge in [-0.2, -0.15) is 0 Å². The molecule has 3 nitrogen and oxygen atoms in total. The smallest absolute Gasteiger partial charge is 0.246 e. The van der Waals surface area contributed by atoms with E-state index in [1.165, 1.54) is 6.08 Å². The highest BCUT2D eigenvalue weighted by molar-refractivity contribution is 6.02. The van der Waals surface area contributed by atoms with Gasteiger partial charge < -0.3 is 10.4 Å². The van der Waals surface area contributed by atoms with Gasteiger partial charge in [-0.3, -0.25) is 4.79 Å². The van der Waals surface area contributed by atoms with Crippen molar-refractivity contribution < 1.29 is 9.90 Å². The zero-order valence-electron chi connectivity index (χ0n) is 7.82. The lowest BCUT2D eigenvalue weighted by molar-refractivity contribution is -0.119. The number of carbonyl (C=O) groups is 1. The summed E-state index contributed by atoms with van der Waals surface area (Å²) in [5, 5.41) is 12.3. The molecular weight excluding hydrogens is 178 g/mol. The van der Waals surface area contributed by atoms with Gasteiger partial charge in [0.1, 0.15) is 0 Å². The fraction of sp³-hybridized carbons (Fsp3) is 0.182. The Hall–Kier alpha value is -1.61. The summed E-state index contributed by atoms with van der Waals surface area (Å²) in [4.78, 5) is 11.1. The van der Waals surface area contributed by atoms with Crippen molar-refractivity contribution in [3.63, 3.8) is 0 Å². The highest BCUT2D eigenvalue weighted by atomic mass is 16.3. The first-order chi connectivity index (χ1) is 6.59. The molecule has 0 aromatic heterocycles. The van der Waals surface area contributed by atoms with E-state index in [0.29, 0.717) is 5.57 Å². The molecule has 0 spiro atoms. The van der Waals surface area contributed by atoms with E-state index < -0.39 is 5.72 Å². The maximum absolute atomic E-state index is 11.1. The van der Waals surface area contributed by atoms with Gasteiger partial charge in [0.2, 0.25) is 5.91 Å². The molecule has 1 aliphatic rings. The molecule has 72 valence electrons. The zero-order chi connectivity index (χ0) is 10.2. The Bertz CT molecular complexity index is 393. The molecule has 0 bridgehead atoms. The Morgan fingerprint density at radius 3 is 2.43 bits per heavy atom. The van der Waals surface area contributed by atoms with Crippen LogP contribution >= 0.6 is 0 Å². The lowest BCUT2D eigenvalue weighted by Gasteiger charge is -2.21. The molecule has 2 N–H and O–H groups in total. The monoisotopic (exact) mass is 189 g/mol. The topological polar surface area (TPSA) is 49.3 Å². The van der Waals surface area contributed by atoms with E-state index in [9.17, 15) is 9.90 Å². The molecule has 3 heteroatoms. The lowest BCUT2D eigenvalue weighted by atomic mass is 9.99. The summed E-state index contributed by atoms with van der Waals surface area (Å²) in [5.74, 6) is -0.256. The first-order valence-electron chi connectivity index (χ1n) is 4.42. The second kappa shape index (κ2) is 2.96. The van der Waals surface area contributed by atoms with Gasteiger partial charge in [0.05, 0.1) is 0 Å². The van der Waals surface area contributed by atoms with Gasteiger partial charge in [-0.25, -0.2) is 0 Å². The van der Waals surface area contributed by atoms with Crippen molar-refractivity contribution in [2.45, 2.75) is 12.6 Å². The summed E-state index contributed by atoms with van der Waals surface area (Å²) >= 11 is 0. The lowest BCUT2D eigenvalue weighted by Crippen LogP contribution is -2.40. The Morgan fingerprint density at radius 2 is 1.93 bits per heavy atom. The molecule has 1 aliphatic heterocycles. The molecule has 1 aromatic rings. The number of carbonyl (C=O) groups excluding carboxylic acids is 1. The van der Waals surface area contributed by atoms with Gasteiger partial charge in [0.15, 0.2) is 5.72 Å². The third kappa shape index (κ3) is 1.42. The Morgan fingerprint density at radius 1 is 1.29 bits per heavy atom. The normalized spacial score (nSPS) is 25.9. The molecule has 0 fully saturated rings. The van der Waals surface area contributed by atoms with Crippen molar-refractivity contribution in [1.29, 1.82) is 0 Å². The molecule has 2 rings (SSSR count). The number of hydrogen-bond donors (Lipinski definition) is 2. The molecular formula is C11H11NO2. The van der Waals surface area contributed by atoms with E-state index in [0.717, 1.165) is 5.56 Å². The first kappa shape index (κ1) is 8.97. The van der Waals surface area contributed by atoms with E-state index in [1.54, 1.807) is 6.92 Å². The third-order valence-corrected chi connectivity index (χ3v) is 2.25. The number of amides is 1. The molecule has 0 saturated heterocycles. The summed E-state index contributed by atoms with van der Waals surface area (Å²) in [6, 6.07) is 9.36. The fourth-order valence-corrected chi connectivity index (χ4v) is 1.60. The largest absolute Gasteiger partial charge is 0.367 e. The minimum absolute atomic E-state index is 0.256. The van der Waals surface area contributed by atoms with Crippen LogP contribution in [0.15, 0.2) is 36.4 Å². The SMILES string of the molecule is CC1(O)NC(=O)C=C1c1ccccc1. The van der Waals surface area contributed by atoms with Crippen molar-refractivity contribution in [2.24, 2.45) is 0 Å². The van der Waals surface area contributed by atoms with Crippen LogP contribution in [0.25, 0.3) is 5.57 Å². The van der Waals surface area contributed by atoms with Crippen molar-refractivity contribution in [1.82, 2.24) is 5.32 Å². The van der Waals surface area contributed by atoms with Crippen molar-refractivity contribution >= 4 is 11.5 Å². The van der Waals surface area contributed by atoms with Crippen molar-refractivity contribution in [2.75, 3.05) is 0 Å². The van der Waals surface area contributed by atoms with Gasteiger partial charge in [-0.15, -0.1) is 0 Å². The summed E-state index contributed by atoms with van der Waals surface area (Å²) < 4.78 is 0. The second-order valence-corrected chi connectivity index (χ2v) is 3.49. The van der Waals surface area contributed by atoms with Crippen LogP contribution < -0.4 is 5.32 Å². The second-order valence-electron chi connectivity index (χ2n) is 3.49. The van der Waals surface area contributed by atoms with E-state index in [2.05, 4.69) is 5.32 Å². The molecule has 0 saturated carbocycles. The average molecular weight is 189 g/mol. The molecule has 1 atom stereocenters. The zero-order valence-corrected chi connectivity index (χ0v) is 7.82. The average Bonchev–Trinajstić information content (AvgIpc) is 2.41. The van der Waals surface area contributed by atoms with Crippen LogP contribution in [0.5, 0.6) is 0 Å². The number of nitrogens with one attached hydrogen (secondary N) is 1. The fourth-order valence-electron chi connectivity index (χ4n) is 1.60. The van der Waals surface area contributed by atoms with Gasteiger partial charge in [-0.1, -0.05) is 30.3 Å². The first-order valence-corrected chi connectivity index (χ1v) is 4.42. The number of hydrogen-bond acceptors (Lipinski definition) is 2. The number of rotatable bonds is 1. The quantitative estimate of drug-likeness (QED) is 0.689. The highest BCUT2D eigenvalue weighted by Crippen LogP contribution is 2.28. The maximum Gasteiger partial charge on any atom is 0.246 e. The predicted molar refractivity (Wildman–Crippen MR) is 53.2 cm³/mol. The van der Waals surface area contributed by atoms with Gasteiger partial charge in [0, 0.05) is 11.6 Å². The predicted octanol–water partition coefficient (Wildman–Crippen LogP) is 0.908. The van der Waals surface area contributed by atoms with E-state index in [-0.39, 0.29) is 5.91 Å². The van der Waals surface area contributed by atoms with Gasteiger partial charge >= 0.3 is 0 Å². The Labute approximate surface area is 82.1 Å². The van der Waals surface area contributed by atoms with Gasteiger partial charge in [0.25, 0.3) is 0 Å². The Kier molecular flexibility index (Phi) is 1.89. The molecule has 1 aromatic carbocycles. The van der Waals surface area contributed by atoms with Gasteiger partial charge in [-0.05, 0) is 12.5 Å². The summed E-state index contributed by atoms with van der Waals surface area (Å²) in [6.45, 7) is 1.57. The molecule has 0 radical (unpaired) electrons. The van der Waals surface area contributed by atoms with Crippen LogP contribution in [-0.2, 0) is 4.79 Å². The minimum atomic E-state index is -1.25. The van der Waals surface area contributed by atoms with Crippen LogP contribution in [0.3, 0.4) is 0 Å². The maximum atomic E-state index is 11.1. The van der Waals surface area contributed by atoms with E-state index in [1.807, 2.05) is 30.3 Å². The third-order valence-electron chi connectivity index (χ3n) is 2.25. The number of benzene rings is 1. The van der Waals surface area contributed by atoms with Crippen molar-refractivity contribution in [3.8, 4) is 0 Å². The number of aliphatic hydroxyl groups is 1. The van der Waals surface area contributed by atoms with Crippen LogP contribution in [0.4, 0.5) is 0 Å². The van der Waals surface area contributed by atoms with Crippen LogP contribution in [0.2, 0.25) is 0 Å². The highest BCUT2D eigenvalue weighted by Gasteiger charge is 2.34. The summed E-state index contributed by atoms with van der Waals surface area (Å²) in [5.41, 5.74) is 0.220. The summed E-state index contributed by atoms with van der Waals surface area (Å²) in [6.07, 6.45) is 1.43. The van der Waals surface area contributed by atoms with Crippen LogP contribution in [0, 0.1) is 0 Å². The van der Waals surface area contributed by atoms with Crippen LogP contribution in [0.1, 0.15) is 12.5 Å². The molecule has 0 aliphatic carbocycles. The van der Waals surface area contributed by atoms with E-state index in [4.69, 9.17) is 0 Å². The van der Waals surface area contributed by atoms with Crippen LogP contribution in [-0.4, -0.2) is 16.7 Å². The summed E-state index contributed by atoms with van der Waals surface area (Å²) in [7, 11) is 0. The van der Waals surface area contributed by atoms with Crippen molar-refractivity contribution in [3.05, 3.63) is 42.0 Å². The molecule has 1 amide bonds.